The minimum absolute atomic E-state index is 0.0166. The topological polar surface area (TPSA) is 104 Å². The third-order valence-electron chi connectivity index (χ3n) is 3.42. The van der Waals surface area contributed by atoms with E-state index in [0.29, 0.717) is 12.5 Å². The number of nitrogens with zero attached hydrogens (tertiary/aromatic N) is 4. The van der Waals surface area contributed by atoms with E-state index in [-0.39, 0.29) is 24.7 Å². The number of carbonyl (C=O) groups is 2. The molecular weight excluding hydrogens is 332 g/mol. The number of nitrogens with two attached hydrogens (primary N) is 1. The summed E-state index contributed by atoms with van der Waals surface area (Å²) in [5, 5.41) is 2.65. The van der Waals surface area contributed by atoms with E-state index in [9.17, 15) is 9.59 Å². The van der Waals surface area contributed by atoms with E-state index in [2.05, 4.69) is 15.4 Å². The number of rotatable bonds is 7. The van der Waals surface area contributed by atoms with Crippen molar-refractivity contribution in [3.63, 3.8) is 0 Å². The second-order valence-electron chi connectivity index (χ2n) is 6.33. The first-order chi connectivity index (χ1) is 12.5. The third-order valence-corrected chi connectivity index (χ3v) is 3.42. The number of carbonyl (C=O) groups excluding carboxylic acids is 2. The van der Waals surface area contributed by atoms with Gasteiger partial charge in [-0.05, 0) is 11.5 Å². The van der Waals surface area contributed by atoms with Gasteiger partial charge in [0, 0.05) is 18.9 Å². The van der Waals surface area contributed by atoms with E-state index in [1.807, 2.05) is 44.2 Å². The average molecular weight is 356 g/mol. The molecule has 0 spiro atoms. The van der Waals surface area contributed by atoms with Gasteiger partial charge in [0.25, 0.3) is 11.8 Å². The summed E-state index contributed by atoms with van der Waals surface area (Å²) in [6.45, 7) is 4.78. The molecule has 0 aliphatic carbocycles. The third kappa shape index (κ3) is 6.23. The van der Waals surface area contributed by atoms with Gasteiger partial charge in [-0.2, -0.15) is 0 Å². The Morgan fingerprint density at radius 3 is 2.54 bits per heavy atom. The molecule has 0 aliphatic heterocycles. The lowest BCUT2D eigenvalue weighted by Gasteiger charge is -2.25. The molecule has 2 aromatic rings. The number of amides is 2. The summed E-state index contributed by atoms with van der Waals surface area (Å²) in [7, 11) is 0. The molecular formula is C18H24N6O2. The van der Waals surface area contributed by atoms with E-state index in [4.69, 9.17) is 5.84 Å². The molecule has 0 aliphatic rings. The van der Waals surface area contributed by atoms with Crippen LogP contribution in [0.2, 0.25) is 0 Å². The van der Waals surface area contributed by atoms with Crippen LogP contribution in [-0.2, 0) is 11.3 Å². The Bertz CT molecular complexity index is 708. The molecule has 1 aromatic carbocycles. The van der Waals surface area contributed by atoms with Gasteiger partial charge in [0.05, 0.1) is 19.3 Å². The zero-order valence-corrected chi connectivity index (χ0v) is 15.0. The van der Waals surface area contributed by atoms with Crippen LogP contribution < -0.4 is 11.3 Å². The van der Waals surface area contributed by atoms with Gasteiger partial charge in [-0.1, -0.05) is 44.2 Å². The van der Waals surface area contributed by atoms with E-state index in [1.54, 1.807) is 0 Å². The predicted molar refractivity (Wildman–Crippen MR) is 97.1 cm³/mol. The van der Waals surface area contributed by atoms with Gasteiger partial charge in [-0.25, -0.2) is 15.0 Å². The molecule has 138 valence electrons. The molecule has 0 unspecified atom stereocenters. The molecule has 8 nitrogen and oxygen atoms in total. The Morgan fingerprint density at radius 2 is 1.92 bits per heavy atom. The fraction of sp³-hybridized carbons (Fsp3) is 0.333. The predicted octanol–water partition coefficient (Wildman–Crippen LogP) is 0.982. The number of benzene rings is 1. The Kier molecular flexibility index (Phi) is 7.19. The molecule has 26 heavy (non-hydrogen) atoms. The van der Waals surface area contributed by atoms with Crippen LogP contribution in [-0.4, -0.2) is 44.9 Å². The molecule has 0 bridgehead atoms. The maximum absolute atomic E-state index is 12.7. The highest BCUT2D eigenvalue weighted by atomic mass is 16.2. The van der Waals surface area contributed by atoms with Crippen LogP contribution in [0.25, 0.3) is 0 Å². The normalized spacial score (nSPS) is 10.8. The summed E-state index contributed by atoms with van der Waals surface area (Å²) >= 11 is 0. The highest BCUT2D eigenvalue weighted by molar-refractivity contribution is 5.93. The molecule has 1 aromatic heterocycles. The summed E-state index contributed by atoms with van der Waals surface area (Å²) < 4.78 is 0. The highest BCUT2D eigenvalue weighted by Gasteiger charge is 2.20. The smallest absolute Gasteiger partial charge is 0.272 e. The van der Waals surface area contributed by atoms with Crippen LogP contribution >= 0.6 is 0 Å². The first-order valence-corrected chi connectivity index (χ1v) is 8.36. The fourth-order valence-electron chi connectivity index (χ4n) is 2.38. The van der Waals surface area contributed by atoms with Gasteiger partial charge < -0.3 is 0 Å². The van der Waals surface area contributed by atoms with Crippen molar-refractivity contribution in [2.45, 2.75) is 20.4 Å². The van der Waals surface area contributed by atoms with Gasteiger partial charge in [0.2, 0.25) is 0 Å². The van der Waals surface area contributed by atoms with Crippen molar-refractivity contribution in [1.29, 1.82) is 0 Å². The molecule has 8 heteroatoms. The maximum atomic E-state index is 12.7. The van der Waals surface area contributed by atoms with Crippen molar-refractivity contribution in [2.75, 3.05) is 13.1 Å². The molecule has 1 heterocycles. The van der Waals surface area contributed by atoms with Crippen molar-refractivity contribution in [3.8, 4) is 0 Å². The van der Waals surface area contributed by atoms with E-state index in [0.717, 1.165) is 5.56 Å². The van der Waals surface area contributed by atoms with Gasteiger partial charge in [0.1, 0.15) is 5.69 Å². The van der Waals surface area contributed by atoms with Gasteiger partial charge >= 0.3 is 0 Å². The lowest BCUT2D eigenvalue weighted by atomic mass is 10.2. The van der Waals surface area contributed by atoms with E-state index < -0.39 is 5.91 Å². The molecule has 0 saturated carbocycles. The van der Waals surface area contributed by atoms with Crippen LogP contribution in [0.4, 0.5) is 0 Å². The quantitative estimate of drug-likeness (QED) is 0.566. The van der Waals surface area contributed by atoms with E-state index in [1.165, 1.54) is 28.6 Å². The summed E-state index contributed by atoms with van der Waals surface area (Å²) in [4.78, 5) is 32.9. The Labute approximate surface area is 153 Å². The summed E-state index contributed by atoms with van der Waals surface area (Å²) in [5.41, 5.74) is 3.64. The fourth-order valence-corrected chi connectivity index (χ4v) is 2.38. The van der Waals surface area contributed by atoms with Crippen molar-refractivity contribution >= 4 is 11.8 Å². The minimum atomic E-state index is -0.442. The SMILES string of the molecule is CC(C)CN(N)CC(=O)NN(Cc1ccccc1)C(=O)c1cnccn1. The van der Waals surface area contributed by atoms with Crippen LogP contribution in [0, 0.1) is 5.92 Å². The second kappa shape index (κ2) is 9.59. The van der Waals surface area contributed by atoms with Crippen molar-refractivity contribution in [3.05, 3.63) is 60.2 Å². The molecule has 0 radical (unpaired) electrons. The van der Waals surface area contributed by atoms with Gasteiger partial charge in [-0.3, -0.25) is 25.8 Å². The first kappa shape index (κ1) is 19.5. The van der Waals surface area contributed by atoms with Crippen LogP contribution in [0.3, 0.4) is 0 Å². The summed E-state index contributed by atoms with van der Waals surface area (Å²) in [5.74, 6) is 5.35. The Balaban J connectivity index is 2.10. The number of hydrogen-bond donors (Lipinski definition) is 2. The van der Waals surface area contributed by atoms with Crippen LogP contribution in [0.5, 0.6) is 0 Å². The van der Waals surface area contributed by atoms with E-state index >= 15 is 0 Å². The summed E-state index contributed by atoms with van der Waals surface area (Å²) in [6.07, 6.45) is 4.27. The van der Waals surface area contributed by atoms with Gasteiger partial charge in [0.15, 0.2) is 0 Å². The van der Waals surface area contributed by atoms with Crippen molar-refractivity contribution in [1.82, 2.24) is 25.4 Å². The highest BCUT2D eigenvalue weighted by Crippen LogP contribution is 2.06. The Morgan fingerprint density at radius 1 is 1.19 bits per heavy atom. The Hall–Kier alpha value is -2.84. The van der Waals surface area contributed by atoms with Crippen LogP contribution in [0.1, 0.15) is 29.9 Å². The first-order valence-electron chi connectivity index (χ1n) is 8.36. The molecule has 0 fully saturated rings. The number of hydrazine groups is 2. The van der Waals surface area contributed by atoms with Crippen LogP contribution in [0.15, 0.2) is 48.9 Å². The number of hydrogen-bond acceptors (Lipinski definition) is 6. The largest absolute Gasteiger partial charge is 0.292 e. The summed E-state index contributed by atoms with van der Waals surface area (Å²) in [6, 6.07) is 9.36. The minimum Gasteiger partial charge on any atom is -0.272 e. The lowest BCUT2D eigenvalue weighted by Crippen LogP contribution is -2.51. The van der Waals surface area contributed by atoms with Crippen molar-refractivity contribution < 1.29 is 9.59 Å². The zero-order chi connectivity index (χ0) is 18.9. The number of nitrogens with one attached hydrogen (secondary N) is 1. The van der Waals surface area contributed by atoms with Gasteiger partial charge in [-0.15, -0.1) is 0 Å². The molecule has 2 amide bonds. The zero-order valence-electron chi connectivity index (χ0n) is 15.0. The lowest BCUT2D eigenvalue weighted by molar-refractivity contribution is -0.126. The maximum Gasteiger partial charge on any atom is 0.292 e. The molecule has 0 saturated heterocycles. The average Bonchev–Trinajstić information content (AvgIpc) is 2.61. The molecule has 0 atom stereocenters. The second-order valence-corrected chi connectivity index (χ2v) is 6.33. The molecule has 3 N–H and O–H groups in total. The monoisotopic (exact) mass is 356 g/mol. The van der Waals surface area contributed by atoms with Crippen molar-refractivity contribution in [2.24, 2.45) is 11.8 Å². The standard InChI is InChI=1S/C18H24N6O2/c1-14(2)11-23(19)13-17(25)22-24(12-15-6-4-3-5-7-15)18(26)16-10-20-8-9-21-16/h3-10,14H,11-13,19H2,1-2H3,(H,22,25). The molecule has 2 rings (SSSR count). The number of aromatic nitrogens is 2.